The second kappa shape index (κ2) is 9.01. The van der Waals surface area contributed by atoms with E-state index in [1.807, 2.05) is 19.1 Å². The first kappa shape index (κ1) is 20.1. The summed E-state index contributed by atoms with van der Waals surface area (Å²) in [7, 11) is 1.76. The zero-order valence-corrected chi connectivity index (χ0v) is 16.4. The van der Waals surface area contributed by atoms with Crippen molar-refractivity contribution in [1.29, 1.82) is 0 Å². The molecule has 0 spiro atoms. The van der Waals surface area contributed by atoms with E-state index in [0.29, 0.717) is 38.3 Å². The second-order valence-electron chi connectivity index (χ2n) is 7.19. The SMILES string of the molecule is Cc1ccc(CN(C)C(=O)CN2CCCN(C(=O)c3cccc(F)c3)CC2)o1. The van der Waals surface area contributed by atoms with Gasteiger partial charge >= 0.3 is 0 Å². The standard InChI is InChI=1S/C21H26FN3O3/c1-16-7-8-19(28-16)14-23(2)20(26)15-24-9-4-10-25(12-11-24)21(27)17-5-3-6-18(22)13-17/h3,5-8,13H,4,9-12,14-15H2,1-2H3. The third-order valence-electron chi connectivity index (χ3n) is 4.92. The molecule has 28 heavy (non-hydrogen) atoms. The fraction of sp³-hybridized carbons (Fsp3) is 0.429. The van der Waals surface area contributed by atoms with Crippen molar-refractivity contribution < 1.29 is 18.4 Å². The van der Waals surface area contributed by atoms with Crippen molar-refractivity contribution in [1.82, 2.24) is 14.7 Å². The van der Waals surface area contributed by atoms with E-state index in [1.54, 1.807) is 29.0 Å². The van der Waals surface area contributed by atoms with Crippen molar-refractivity contribution in [2.45, 2.75) is 19.9 Å². The predicted octanol–water partition coefficient (Wildman–Crippen LogP) is 2.53. The van der Waals surface area contributed by atoms with Crippen molar-refractivity contribution in [3.63, 3.8) is 0 Å². The van der Waals surface area contributed by atoms with Gasteiger partial charge in [0.25, 0.3) is 5.91 Å². The summed E-state index contributed by atoms with van der Waals surface area (Å²) >= 11 is 0. The first-order valence-electron chi connectivity index (χ1n) is 9.49. The lowest BCUT2D eigenvalue weighted by Crippen LogP contribution is -2.40. The molecule has 0 radical (unpaired) electrons. The third-order valence-corrected chi connectivity index (χ3v) is 4.92. The first-order valence-corrected chi connectivity index (χ1v) is 9.49. The minimum Gasteiger partial charge on any atom is -0.464 e. The number of benzene rings is 1. The summed E-state index contributed by atoms with van der Waals surface area (Å²) in [5.41, 5.74) is 0.359. The number of carbonyl (C=O) groups excluding carboxylic acids is 2. The Labute approximate surface area is 164 Å². The number of hydrogen-bond donors (Lipinski definition) is 0. The number of likely N-dealkylation sites (N-methyl/N-ethyl adjacent to an activating group) is 1. The molecule has 2 aromatic rings. The maximum Gasteiger partial charge on any atom is 0.254 e. The lowest BCUT2D eigenvalue weighted by molar-refractivity contribution is -0.131. The van der Waals surface area contributed by atoms with Crippen LogP contribution in [0.2, 0.25) is 0 Å². The van der Waals surface area contributed by atoms with E-state index in [1.165, 1.54) is 12.1 Å². The van der Waals surface area contributed by atoms with Gasteiger partial charge in [-0.1, -0.05) is 6.07 Å². The van der Waals surface area contributed by atoms with Gasteiger partial charge in [0.15, 0.2) is 0 Å². The minimum atomic E-state index is -0.414. The van der Waals surface area contributed by atoms with Crippen molar-refractivity contribution in [2.24, 2.45) is 0 Å². The Morgan fingerprint density at radius 2 is 1.96 bits per heavy atom. The van der Waals surface area contributed by atoms with Crippen molar-refractivity contribution >= 4 is 11.8 Å². The molecule has 2 heterocycles. The molecule has 0 atom stereocenters. The predicted molar refractivity (Wildman–Crippen MR) is 103 cm³/mol. The molecule has 0 N–H and O–H groups in total. The summed E-state index contributed by atoms with van der Waals surface area (Å²) in [5.74, 6) is 1.02. The van der Waals surface area contributed by atoms with Gasteiger partial charge in [-0.05, 0) is 43.7 Å². The molecule has 1 aliphatic heterocycles. The summed E-state index contributed by atoms with van der Waals surface area (Å²) in [5, 5.41) is 0. The average Bonchev–Trinajstić information content (AvgIpc) is 2.93. The van der Waals surface area contributed by atoms with E-state index < -0.39 is 5.82 Å². The second-order valence-corrected chi connectivity index (χ2v) is 7.19. The van der Waals surface area contributed by atoms with Gasteiger partial charge in [-0.3, -0.25) is 14.5 Å². The van der Waals surface area contributed by atoms with Crippen LogP contribution in [0.3, 0.4) is 0 Å². The van der Waals surface area contributed by atoms with Gasteiger partial charge in [0.2, 0.25) is 5.91 Å². The molecule has 150 valence electrons. The smallest absolute Gasteiger partial charge is 0.254 e. The summed E-state index contributed by atoms with van der Waals surface area (Å²) in [6.45, 7) is 5.08. The Hall–Kier alpha value is -2.67. The molecule has 0 saturated carbocycles. The third kappa shape index (κ3) is 5.19. The van der Waals surface area contributed by atoms with E-state index in [0.717, 1.165) is 24.5 Å². The van der Waals surface area contributed by atoms with E-state index in [-0.39, 0.29) is 11.8 Å². The Kier molecular flexibility index (Phi) is 6.46. The molecule has 0 aliphatic carbocycles. The van der Waals surface area contributed by atoms with Crippen LogP contribution in [0.25, 0.3) is 0 Å². The Balaban J connectivity index is 1.51. The molecule has 2 amide bonds. The molecule has 7 heteroatoms. The molecule has 1 aromatic carbocycles. The van der Waals surface area contributed by atoms with Crippen LogP contribution in [0.1, 0.15) is 28.3 Å². The van der Waals surface area contributed by atoms with E-state index in [2.05, 4.69) is 4.90 Å². The molecule has 0 unspecified atom stereocenters. The topological polar surface area (TPSA) is 57.0 Å². The van der Waals surface area contributed by atoms with Gasteiger partial charge in [-0.15, -0.1) is 0 Å². The van der Waals surface area contributed by atoms with Crippen LogP contribution in [-0.2, 0) is 11.3 Å². The highest BCUT2D eigenvalue weighted by Gasteiger charge is 2.22. The highest BCUT2D eigenvalue weighted by Crippen LogP contribution is 2.12. The van der Waals surface area contributed by atoms with Crippen molar-refractivity contribution in [3.05, 3.63) is 59.3 Å². The maximum absolute atomic E-state index is 13.4. The Bertz CT molecular complexity index is 836. The number of furan rings is 1. The monoisotopic (exact) mass is 387 g/mol. The van der Waals surface area contributed by atoms with E-state index in [9.17, 15) is 14.0 Å². The molecule has 1 fully saturated rings. The van der Waals surface area contributed by atoms with Gasteiger partial charge in [0.05, 0.1) is 13.1 Å². The zero-order valence-electron chi connectivity index (χ0n) is 16.4. The van der Waals surface area contributed by atoms with Gasteiger partial charge in [-0.25, -0.2) is 4.39 Å². The lowest BCUT2D eigenvalue weighted by atomic mass is 10.2. The number of carbonyl (C=O) groups is 2. The number of nitrogens with zero attached hydrogens (tertiary/aromatic N) is 3. The number of aryl methyl sites for hydroxylation is 1. The van der Waals surface area contributed by atoms with Gasteiger partial charge in [-0.2, -0.15) is 0 Å². The number of amides is 2. The van der Waals surface area contributed by atoms with Crippen LogP contribution in [-0.4, -0.2) is 66.3 Å². The number of rotatable bonds is 5. The largest absolute Gasteiger partial charge is 0.464 e. The van der Waals surface area contributed by atoms with Crippen LogP contribution in [0.15, 0.2) is 40.8 Å². The van der Waals surface area contributed by atoms with Gasteiger partial charge in [0, 0.05) is 38.8 Å². The summed E-state index contributed by atoms with van der Waals surface area (Å²) < 4.78 is 18.9. The fourth-order valence-corrected chi connectivity index (χ4v) is 3.34. The molecule has 1 saturated heterocycles. The molecule has 1 aliphatic rings. The van der Waals surface area contributed by atoms with Crippen LogP contribution >= 0.6 is 0 Å². The van der Waals surface area contributed by atoms with Crippen LogP contribution < -0.4 is 0 Å². The van der Waals surface area contributed by atoms with Crippen molar-refractivity contribution in [3.8, 4) is 0 Å². The number of hydrogen-bond acceptors (Lipinski definition) is 4. The van der Waals surface area contributed by atoms with Gasteiger partial charge < -0.3 is 14.2 Å². The molecule has 1 aromatic heterocycles. The van der Waals surface area contributed by atoms with Crippen molar-refractivity contribution in [2.75, 3.05) is 39.8 Å². The zero-order chi connectivity index (χ0) is 20.1. The molecule has 0 bridgehead atoms. The van der Waals surface area contributed by atoms with Crippen LogP contribution in [0.5, 0.6) is 0 Å². The highest BCUT2D eigenvalue weighted by atomic mass is 19.1. The molecular weight excluding hydrogens is 361 g/mol. The Morgan fingerprint density at radius 3 is 2.68 bits per heavy atom. The first-order chi connectivity index (χ1) is 13.4. The normalized spacial score (nSPS) is 15.3. The van der Waals surface area contributed by atoms with Crippen LogP contribution in [0, 0.1) is 12.7 Å². The van der Waals surface area contributed by atoms with E-state index >= 15 is 0 Å². The highest BCUT2D eigenvalue weighted by molar-refractivity contribution is 5.94. The van der Waals surface area contributed by atoms with Crippen LogP contribution in [0.4, 0.5) is 4.39 Å². The quantitative estimate of drug-likeness (QED) is 0.791. The Morgan fingerprint density at radius 1 is 1.14 bits per heavy atom. The summed E-state index contributed by atoms with van der Waals surface area (Å²) in [4.78, 5) is 30.6. The molecule has 6 nitrogen and oxygen atoms in total. The lowest BCUT2D eigenvalue weighted by Gasteiger charge is -2.24. The maximum atomic E-state index is 13.4. The minimum absolute atomic E-state index is 0.0129. The molecule has 3 rings (SSSR count). The number of halogens is 1. The summed E-state index contributed by atoms with van der Waals surface area (Å²) in [6, 6.07) is 9.52. The van der Waals surface area contributed by atoms with E-state index in [4.69, 9.17) is 4.42 Å². The average molecular weight is 387 g/mol. The molecular formula is C21H26FN3O3. The fourth-order valence-electron chi connectivity index (χ4n) is 3.34. The summed E-state index contributed by atoms with van der Waals surface area (Å²) in [6.07, 6.45) is 0.773. The van der Waals surface area contributed by atoms with Gasteiger partial charge in [0.1, 0.15) is 17.3 Å².